The molecule has 1 fully saturated rings. The van der Waals surface area contributed by atoms with Gasteiger partial charge in [-0.05, 0) is 12.8 Å². The second kappa shape index (κ2) is 6.02. The SMILES string of the molecule is CCC1(CC)C(=O)NC(=O)N(CCC(=O)N(C)C)C1=O. The monoisotopic (exact) mass is 283 g/mol. The van der Waals surface area contributed by atoms with Crippen LogP contribution in [-0.4, -0.2) is 54.2 Å². The zero-order valence-electron chi connectivity index (χ0n) is 12.4. The Morgan fingerprint density at radius 2 is 1.75 bits per heavy atom. The molecule has 5 amide bonds. The molecule has 0 radical (unpaired) electrons. The van der Waals surface area contributed by atoms with Gasteiger partial charge in [0, 0.05) is 27.1 Å². The van der Waals surface area contributed by atoms with Gasteiger partial charge in [0.1, 0.15) is 5.41 Å². The third kappa shape index (κ3) is 2.66. The molecule has 0 saturated carbocycles. The number of amides is 5. The average molecular weight is 283 g/mol. The molecule has 0 aliphatic carbocycles. The summed E-state index contributed by atoms with van der Waals surface area (Å²) >= 11 is 0. The molecule has 0 spiro atoms. The summed E-state index contributed by atoms with van der Waals surface area (Å²) in [7, 11) is 3.21. The summed E-state index contributed by atoms with van der Waals surface area (Å²) in [6.07, 6.45) is 0.684. The van der Waals surface area contributed by atoms with Crippen molar-refractivity contribution in [3.8, 4) is 0 Å². The van der Waals surface area contributed by atoms with Gasteiger partial charge in [0.05, 0.1) is 0 Å². The van der Waals surface area contributed by atoms with Crippen molar-refractivity contribution >= 4 is 23.8 Å². The highest BCUT2D eigenvalue weighted by atomic mass is 16.2. The summed E-state index contributed by atoms with van der Waals surface area (Å²) in [6, 6.07) is -0.746. The number of urea groups is 1. The first-order valence-electron chi connectivity index (χ1n) is 6.67. The molecule has 20 heavy (non-hydrogen) atoms. The molecule has 7 heteroatoms. The minimum Gasteiger partial charge on any atom is -0.349 e. The summed E-state index contributed by atoms with van der Waals surface area (Å²) in [5, 5.41) is 2.21. The number of imide groups is 2. The standard InChI is InChI=1S/C13H21N3O4/c1-5-13(6-2)10(18)14-12(20)16(11(13)19)8-7-9(17)15(3)4/h5-8H2,1-4H3,(H,14,18,20). The Morgan fingerprint density at radius 3 is 2.20 bits per heavy atom. The maximum atomic E-state index is 12.4. The second-order valence-electron chi connectivity index (χ2n) is 5.04. The Morgan fingerprint density at radius 1 is 1.20 bits per heavy atom. The Balaban J connectivity index is 2.91. The van der Waals surface area contributed by atoms with Crippen LogP contribution in [0.4, 0.5) is 4.79 Å². The lowest BCUT2D eigenvalue weighted by molar-refractivity contribution is -0.152. The fourth-order valence-electron chi connectivity index (χ4n) is 2.24. The van der Waals surface area contributed by atoms with E-state index in [1.807, 2.05) is 0 Å². The molecule has 0 unspecified atom stereocenters. The molecule has 1 heterocycles. The number of rotatable bonds is 5. The number of carbonyl (C=O) groups excluding carboxylic acids is 4. The maximum Gasteiger partial charge on any atom is 0.330 e. The van der Waals surface area contributed by atoms with Gasteiger partial charge in [-0.2, -0.15) is 0 Å². The van der Waals surface area contributed by atoms with Gasteiger partial charge in [-0.25, -0.2) is 4.79 Å². The Labute approximate surface area is 118 Å². The average Bonchev–Trinajstić information content (AvgIpc) is 2.39. The van der Waals surface area contributed by atoms with Gasteiger partial charge in [0.25, 0.3) is 0 Å². The minimum absolute atomic E-state index is 0.0172. The number of carbonyl (C=O) groups is 4. The summed E-state index contributed by atoms with van der Waals surface area (Å²) in [5.41, 5.74) is -1.20. The summed E-state index contributed by atoms with van der Waals surface area (Å²) < 4.78 is 0. The van der Waals surface area contributed by atoms with Crippen molar-refractivity contribution in [2.75, 3.05) is 20.6 Å². The van der Waals surface area contributed by atoms with Crippen molar-refractivity contribution in [3.05, 3.63) is 0 Å². The third-order valence-corrected chi connectivity index (χ3v) is 3.81. The van der Waals surface area contributed by atoms with E-state index in [0.29, 0.717) is 12.8 Å². The van der Waals surface area contributed by atoms with Gasteiger partial charge in [-0.1, -0.05) is 13.8 Å². The molecule has 1 aliphatic rings. The Hall–Kier alpha value is -1.92. The normalized spacial score (nSPS) is 18.0. The van der Waals surface area contributed by atoms with Crippen LogP contribution in [0.15, 0.2) is 0 Å². The van der Waals surface area contributed by atoms with Gasteiger partial charge < -0.3 is 4.90 Å². The van der Waals surface area contributed by atoms with Crippen LogP contribution in [0, 0.1) is 5.41 Å². The van der Waals surface area contributed by atoms with Crippen LogP contribution in [0.5, 0.6) is 0 Å². The molecular weight excluding hydrogens is 262 g/mol. The zero-order valence-corrected chi connectivity index (χ0v) is 12.4. The predicted octanol–water partition coefficient (Wildman–Crippen LogP) is 0.350. The predicted molar refractivity (Wildman–Crippen MR) is 71.6 cm³/mol. The highest BCUT2D eigenvalue weighted by Gasteiger charge is 2.51. The van der Waals surface area contributed by atoms with E-state index < -0.39 is 23.3 Å². The molecular formula is C13H21N3O4. The number of nitrogens with zero attached hydrogens (tertiary/aromatic N) is 2. The fourth-order valence-corrected chi connectivity index (χ4v) is 2.24. The number of hydrogen-bond acceptors (Lipinski definition) is 4. The van der Waals surface area contributed by atoms with Gasteiger partial charge in [-0.3, -0.25) is 24.6 Å². The topological polar surface area (TPSA) is 86.8 Å². The van der Waals surface area contributed by atoms with E-state index in [1.165, 1.54) is 4.90 Å². The third-order valence-electron chi connectivity index (χ3n) is 3.81. The fraction of sp³-hybridized carbons (Fsp3) is 0.692. The Kier molecular flexibility index (Phi) is 4.86. The Bertz CT molecular complexity index is 441. The van der Waals surface area contributed by atoms with Crippen molar-refractivity contribution < 1.29 is 19.2 Å². The highest BCUT2D eigenvalue weighted by Crippen LogP contribution is 2.32. The van der Waals surface area contributed by atoms with E-state index in [0.717, 1.165) is 4.90 Å². The highest BCUT2D eigenvalue weighted by molar-refractivity contribution is 6.19. The summed E-state index contributed by atoms with van der Waals surface area (Å²) in [6.45, 7) is 3.45. The van der Waals surface area contributed by atoms with Crippen molar-refractivity contribution in [2.24, 2.45) is 5.41 Å². The lowest BCUT2D eigenvalue weighted by atomic mass is 9.78. The van der Waals surface area contributed by atoms with E-state index in [-0.39, 0.29) is 18.9 Å². The molecule has 1 saturated heterocycles. The molecule has 0 aromatic heterocycles. The van der Waals surface area contributed by atoms with Crippen LogP contribution in [0.2, 0.25) is 0 Å². The molecule has 1 N–H and O–H groups in total. The minimum atomic E-state index is -1.20. The molecule has 1 rings (SSSR count). The van der Waals surface area contributed by atoms with E-state index in [4.69, 9.17) is 0 Å². The smallest absolute Gasteiger partial charge is 0.330 e. The molecule has 112 valence electrons. The van der Waals surface area contributed by atoms with Gasteiger partial charge >= 0.3 is 6.03 Å². The summed E-state index contributed by atoms with van der Waals surface area (Å²) in [5.74, 6) is -1.24. The van der Waals surface area contributed by atoms with Crippen LogP contribution < -0.4 is 5.32 Å². The largest absolute Gasteiger partial charge is 0.349 e. The lowest BCUT2D eigenvalue weighted by Crippen LogP contribution is -2.63. The first-order chi connectivity index (χ1) is 9.30. The maximum absolute atomic E-state index is 12.4. The molecule has 0 aromatic carbocycles. The molecule has 1 aliphatic heterocycles. The van der Waals surface area contributed by atoms with Crippen LogP contribution in [0.1, 0.15) is 33.1 Å². The first kappa shape index (κ1) is 16.1. The van der Waals surface area contributed by atoms with E-state index in [2.05, 4.69) is 5.32 Å². The number of barbiturate groups is 1. The van der Waals surface area contributed by atoms with Crippen LogP contribution in [0.25, 0.3) is 0 Å². The first-order valence-corrected chi connectivity index (χ1v) is 6.67. The number of hydrogen-bond donors (Lipinski definition) is 1. The molecule has 7 nitrogen and oxygen atoms in total. The second-order valence-corrected chi connectivity index (χ2v) is 5.04. The summed E-state index contributed by atoms with van der Waals surface area (Å²) in [4.78, 5) is 50.0. The number of nitrogens with one attached hydrogen (secondary N) is 1. The van der Waals surface area contributed by atoms with Crippen LogP contribution in [-0.2, 0) is 14.4 Å². The van der Waals surface area contributed by atoms with Gasteiger partial charge in [0.15, 0.2) is 0 Å². The molecule has 0 aromatic rings. The van der Waals surface area contributed by atoms with Gasteiger partial charge in [0.2, 0.25) is 17.7 Å². The van der Waals surface area contributed by atoms with Crippen molar-refractivity contribution in [3.63, 3.8) is 0 Å². The van der Waals surface area contributed by atoms with Crippen molar-refractivity contribution in [1.29, 1.82) is 0 Å². The van der Waals surface area contributed by atoms with Crippen LogP contribution >= 0.6 is 0 Å². The quantitative estimate of drug-likeness (QED) is 0.738. The van der Waals surface area contributed by atoms with Gasteiger partial charge in [-0.15, -0.1) is 0 Å². The van der Waals surface area contributed by atoms with Crippen molar-refractivity contribution in [1.82, 2.24) is 15.1 Å². The van der Waals surface area contributed by atoms with E-state index in [9.17, 15) is 19.2 Å². The van der Waals surface area contributed by atoms with E-state index >= 15 is 0 Å². The molecule has 0 bridgehead atoms. The lowest BCUT2D eigenvalue weighted by Gasteiger charge is -2.38. The van der Waals surface area contributed by atoms with Crippen molar-refractivity contribution in [2.45, 2.75) is 33.1 Å². The van der Waals surface area contributed by atoms with Crippen LogP contribution in [0.3, 0.4) is 0 Å². The van der Waals surface area contributed by atoms with E-state index in [1.54, 1.807) is 27.9 Å². The zero-order chi connectivity index (χ0) is 15.5. The molecule has 0 atom stereocenters.